The fourth-order valence-corrected chi connectivity index (χ4v) is 4.33. The number of sulfonamides is 1. The zero-order valence-corrected chi connectivity index (χ0v) is 15.3. The Bertz CT molecular complexity index is 1020. The van der Waals surface area contributed by atoms with Gasteiger partial charge in [-0.1, -0.05) is 6.07 Å². The number of nitro benzene ring substituents is 1. The summed E-state index contributed by atoms with van der Waals surface area (Å²) in [7, 11) is -3.82. The van der Waals surface area contributed by atoms with Crippen molar-refractivity contribution in [2.24, 2.45) is 5.10 Å². The fraction of sp³-hybridized carbons (Fsp3) is 0.235. The first-order valence-electron chi connectivity index (χ1n) is 8.32. The number of hydrazone groups is 1. The van der Waals surface area contributed by atoms with Crippen LogP contribution in [0.1, 0.15) is 18.4 Å². The third-order valence-electron chi connectivity index (χ3n) is 4.25. The average Bonchev–Trinajstić information content (AvgIpc) is 3.19. The van der Waals surface area contributed by atoms with Crippen molar-refractivity contribution in [1.82, 2.24) is 4.31 Å². The molecule has 2 aromatic carbocycles. The Balaban J connectivity index is 1.88. The molecular weight excluding hydrogens is 394 g/mol. The van der Waals surface area contributed by atoms with E-state index in [1.54, 1.807) is 0 Å². The summed E-state index contributed by atoms with van der Waals surface area (Å²) in [5.74, 6) is -1.68. The van der Waals surface area contributed by atoms with Crippen molar-refractivity contribution in [3.8, 4) is 0 Å². The van der Waals surface area contributed by atoms with Gasteiger partial charge >= 0.3 is 0 Å². The Labute approximate surface area is 159 Å². The molecule has 0 amide bonds. The first-order valence-corrected chi connectivity index (χ1v) is 9.76. The topological polar surface area (TPSA) is 105 Å². The lowest BCUT2D eigenvalue weighted by Gasteiger charge is -2.15. The van der Waals surface area contributed by atoms with Gasteiger partial charge in [0.1, 0.15) is 17.3 Å². The van der Waals surface area contributed by atoms with Gasteiger partial charge in [-0.05, 0) is 37.1 Å². The maximum absolute atomic E-state index is 13.6. The second kappa shape index (κ2) is 7.98. The van der Waals surface area contributed by atoms with E-state index >= 15 is 0 Å². The molecule has 3 rings (SSSR count). The molecule has 0 atom stereocenters. The molecule has 148 valence electrons. The number of nitro groups is 1. The Morgan fingerprint density at radius 3 is 2.39 bits per heavy atom. The standard InChI is InChI=1S/C17H16F2N4O4S/c18-14-4-3-5-15(19)13(14)11-20-21-16-7-6-12(10-17(16)23(24)25)28(26,27)22-8-1-2-9-22/h3-7,10-11,21H,1-2,8-9H2/b20-11+. The maximum Gasteiger partial charge on any atom is 0.295 e. The van der Waals surface area contributed by atoms with Crippen molar-refractivity contribution < 1.29 is 22.1 Å². The highest BCUT2D eigenvalue weighted by Gasteiger charge is 2.29. The Morgan fingerprint density at radius 1 is 1.14 bits per heavy atom. The summed E-state index contributed by atoms with van der Waals surface area (Å²) in [6.07, 6.45) is 2.33. The van der Waals surface area contributed by atoms with E-state index in [4.69, 9.17) is 0 Å². The van der Waals surface area contributed by atoms with Crippen LogP contribution >= 0.6 is 0 Å². The van der Waals surface area contributed by atoms with Crippen molar-refractivity contribution in [3.63, 3.8) is 0 Å². The summed E-state index contributed by atoms with van der Waals surface area (Å²) < 4.78 is 53.6. The molecule has 2 aromatic rings. The molecule has 0 saturated carbocycles. The minimum absolute atomic E-state index is 0.113. The minimum atomic E-state index is -3.82. The number of hydrogen-bond acceptors (Lipinski definition) is 6. The van der Waals surface area contributed by atoms with Gasteiger partial charge in [-0.15, -0.1) is 0 Å². The van der Waals surface area contributed by atoms with Gasteiger partial charge < -0.3 is 0 Å². The highest BCUT2D eigenvalue weighted by Crippen LogP contribution is 2.30. The average molecular weight is 410 g/mol. The van der Waals surface area contributed by atoms with Crippen LogP contribution in [-0.4, -0.2) is 37.0 Å². The monoisotopic (exact) mass is 410 g/mol. The van der Waals surface area contributed by atoms with Crippen molar-refractivity contribution >= 4 is 27.6 Å². The van der Waals surface area contributed by atoms with E-state index in [1.807, 2.05) is 0 Å². The zero-order chi connectivity index (χ0) is 20.3. The maximum atomic E-state index is 13.6. The molecule has 0 bridgehead atoms. The summed E-state index contributed by atoms with van der Waals surface area (Å²) in [6, 6.07) is 6.64. The van der Waals surface area contributed by atoms with Gasteiger partial charge in [0.25, 0.3) is 5.69 Å². The molecule has 0 spiro atoms. The van der Waals surface area contributed by atoms with E-state index in [-0.39, 0.29) is 10.6 Å². The summed E-state index contributed by atoms with van der Waals surface area (Å²) in [4.78, 5) is 10.4. The van der Waals surface area contributed by atoms with Crippen molar-refractivity contribution in [2.75, 3.05) is 18.5 Å². The highest BCUT2D eigenvalue weighted by atomic mass is 32.2. The lowest BCUT2D eigenvalue weighted by Crippen LogP contribution is -2.27. The van der Waals surface area contributed by atoms with Crippen molar-refractivity contribution in [3.05, 3.63) is 63.7 Å². The SMILES string of the molecule is O=[N+]([O-])c1cc(S(=O)(=O)N2CCCC2)ccc1N/N=C/c1c(F)cccc1F. The summed E-state index contributed by atoms with van der Waals surface area (Å²) in [5.41, 5.74) is 1.29. The van der Waals surface area contributed by atoms with E-state index in [2.05, 4.69) is 10.5 Å². The van der Waals surface area contributed by atoms with Crippen LogP contribution in [0.25, 0.3) is 0 Å². The van der Waals surface area contributed by atoms with Gasteiger partial charge in [-0.2, -0.15) is 9.41 Å². The molecule has 1 N–H and O–H groups in total. The van der Waals surface area contributed by atoms with E-state index in [0.717, 1.165) is 37.3 Å². The van der Waals surface area contributed by atoms with Crippen LogP contribution in [0, 0.1) is 21.7 Å². The predicted octanol–water partition coefficient (Wildman–Crippen LogP) is 3.10. The van der Waals surface area contributed by atoms with Crippen molar-refractivity contribution in [1.29, 1.82) is 0 Å². The lowest BCUT2D eigenvalue weighted by atomic mass is 10.2. The quantitative estimate of drug-likeness (QED) is 0.448. The predicted molar refractivity (Wildman–Crippen MR) is 98.7 cm³/mol. The largest absolute Gasteiger partial charge is 0.295 e. The van der Waals surface area contributed by atoms with Gasteiger partial charge in [0.15, 0.2) is 0 Å². The Morgan fingerprint density at radius 2 is 1.79 bits per heavy atom. The van der Waals surface area contributed by atoms with E-state index in [0.29, 0.717) is 13.1 Å². The number of hydrogen-bond donors (Lipinski definition) is 1. The number of anilines is 1. The van der Waals surface area contributed by atoms with Gasteiger partial charge in [0.05, 0.1) is 21.6 Å². The molecule has 0 radical (unpaired) electrons. The van der Waals surface area contributed by atoms with Crippen LogP contribution in [0.3, 0.4) is 0 Å². The molecule has 28 heavy (non-hydrogen) atoms. The molecule has 1 fully saturated rings. The number of benzene rings is 2. The molecule has 8 nitrogen and oxygen atoms in total. The molecule has 0 unspecified atom stereocenters. The highest BCUT2D eigenvalue weighted by molar-refractivity contribution is 7.89. The lowest BCUT2D eigenvalue weighted by molar-refractivity contribution is -0.384. The fourth-order valence-electron chi connectivity index (χ4n) is 2.80. The normalized spacial score (nSPS) is 15.2. The third-order valence-corrected chi connectivity index (χ3v) is 6.14. The van der Waals surface area contributed by atoms with E-state index in [9.17, 15) is 27.3 Å². The Hall–Kier alpha value is -2.92. The molecule has 0 aromatic heterocycles. The van der Waals surface area contributed by atoms with Crippen LogP contribution < -0.4 is 5.43 Å². The minimum Gasteiger partial charge on any atom is -0.272 e. The van der Waals surface area contributed by atoms with E-state index in [1.165, 1.54) is 22.5 Å². The number of halogens is 2. The molecule has 11 heteroatoms. The number of nitrogens with zero attached hydrogens (tertiary/aromatic N) is 3. The number of rotatable bonds is 6. The van der Waals surface area contributed by atoms with Gasteiger partial charge in [-0.3, -0.25) is 15.5 Å². The van der Waals surface area contributed by atoms with Crippen LogP contribution in [0.15, 0.2) is 46.4 Å². The van der Waals surface area contributed by atoms with Gasteiger partial charge in [-0.25, -0.2) is 17.2 Å². The molecule has 0 aliphatic carbocycles. The molecular formula is C17H16F2N4O4S. The smallest absolute Gasteiger partial charge is 0.272 e. The zero-order valence-electron chi connectivity index (χ0n) is 14.5. The van der Waals surface area contributed by atoms with Crippen LogP contribution in [0.5, 0.6) is 0 Å². The summed E-state index contributed by atoms with van der Waals surface area (Å²) in [5, 5.41) is 15.0. The second-order valence-corrected chi connectivity index (χ2v) is 7.99. The Kier molecular flexibility index (Phi) is 5.66. The third kappa shape index (κ3) is 3.99. The molecule has 1 aliphatic rings. The van der Waals surface area contributed by atoms with E-state index < -0.39 is 37.8 Å². The van der Waals surface area contributed by atoms with Crippen LogP contribution in [0.2, 0.25) is 0 Å². The van der Waals surface area contributed by atoms with Crippen LogP contribution in [0.4, 0.5) is 20.2 Å². The first kappa shape index (κ1) is 19.8. The first-order chi connectivity index (χ1) is 13.3. The second-order valence-electron chi connectivity index (χ2n) is 6.05. The van der Waals surface area contributed by atoms with Crippen LogP contribution in [-0.2, 0) is 10.0 Å². The molecule has 1 heterocycles. The molecule has 1 saturated heterocycles. The summed E-state index contributed by atoms with van der Waals surface area (Å²) >= 11 is 0. The van der Waals surface area contributed by atoms with Gasteiger partial charge in [0.2, 0.25) is 10.0 Å². The van der Waals surface area contributed by atoms with Gasteiger partial charge in [0, 0.05) is 19.2 Å². The molecule has 1 aliphatic heterocycles. The number of nitrogens with one attached hydrogen (secondary N) is 1. The van der Waals surface area contributed by atoms with Crippen molar-refractivity contribution in [2.45, 2.75) is 17.7 Å². The summed E-state index contributed by atoms with van der Waals surface area (Å²) in [6.45, 7) is 0.739.